The van der Waals surface area contributed by atoms with Gasteiger partial charge in [-0.15, -0.1) is 0 Å². The number of benzene rings is 2. The molecule has 0 aliphatic heterocycles. The standard InChI is InChI=1S/C18H22O4P/c1-3-13-20-15-5-7-17(8-6-15)22-23(19)18-11-9-16(10-12-18)21-14-4-2/h5-12H,3-4,13-14H2,1-2H3/q+1. The normalized spacial score (nSPS) is 11.0. The molecule has 1 unspecified atom stereocenters. The van der Waals surface area contributed by atoms with E-state index in [2.05, 4.69) is 13.8 Å². The molecule has 1 atom stereocenters. The monoisotopic (exact) mass is 333 g/mol. The first-order valence-electron chi connectivity index (χ1n) is 7.84. The Hall–Kier alpha value is -2.06. The summed E-state index contributed by atoms with van der Waals surface area (Å²) in [5.41, 5.74) is 0. The minimum absolute atomic E-state index is 0.557. The van der Waals surface area contributed by atoms with Crippen LogP contribution < -0.4 is 19.3 Å². The second-order valence-corrected chi connectivity index (χ2v) is 6.22. The molecule has 0 amide bonds. The summed E-state index contributed by atoms with van der Waals surface area (Å²) in [5.74, 6) is 2.12. The molecule has 0 aromatic heterocycles. The fourth-order valence-electron chi connectivity index (χ4n) is 1.85. The summed E-state index contributed by atoms with van der Waals surface area (Å²) in [6, 6.07) is 14.3. The molecule has 122 valence electrons. The van der Waals surface area contributed by atoms with Gasteiger partial charge in [0.1, 0.15) is 11.5 Å². The molecular formula is C18H22O4P+. The van der Waals surface area contributed by atoms with E-state index in [1.807, 2.05) is 24.3 Å². The first kappa shape index (κ1) is 17.3. The van der Waals surface area contributed by atoms with E-state index in [0.29, 0.717) is 24.3 Å². The Balaban J connectivity index is 1.93. The average Bonchev–Trinajstić information content (AvgIpc) is 2.59. The summed E-state index contributed by atoms with van der Waals surface area (Å²) in [6.07, 6.45) is 1.92. The maximum Gasteiger partial charge on any atom is 0.597 e. The molecule has 2 aromatic carbocycles. The van der Waals surface area contributed by atoms with Crippen molar-refractivity contribution >= 4 is 13.3 Å². The quantitative estimate of drug-likeness (QED) is 0.623. The van der Waals surface area contributed by atoms with Gasteiger partial charge in [0.15, 0.2) is 5.75 Å². The molecule has 0 saturated heterocycles. The SMILES string of the molecule is CCCOc1ccc(O[P+](=O)c2ccc(OCCC)cc2)cc1. The van der Waals surface area contributed by atoms with Crippen LogP contribution in [-0.4, -0.2) is 13.2 Å². The summed E-state index contributed by atoms with van der Waals surface area (Å²) in [6.45, 7) is 5.47. The number of rotatable bonds is 9. The Morgan fingerprint density at radius 1 is 0.739 bits per heavy atom. The molecule has 2 rings (SSSR count). The fourth-order valence-corrected chi connectivity index (χ4v) is 2.66. The zero-order valence-electron chi connectivity index (χ0n) is 13.5. The van der Waals surface area contributed by atoms with Gasteiger partial charge in [-0.05, 0) is 65.9 Å². The van der Waals surface area contributed by atoms with Crippen LogP contribution in [0.25, 0.3) is 0 Å². The summed E-state index contributed by atoms with van der Waals surface area (Å²) in [7, 11) is -1.94. The predicted octanol–water partition coefficient (Wildman–Crippen LogP) is 4.71. The number of hydrogen-bond acceptors (Lipinski definition) is 4. The lowest BCUT2D eigenvalue weighted by Gasteiger charge is -2.04. The van der Waals surface area contributed by atoms with Crippen LogP contribution in [0.4, 0.5) is 0 Å². The second-order valence-electron chi connectivity index (χ2n) is 5.01. The lowest BCUT2D eigenvalue weighted by Crippen LogP contribution is -2.01. The fraction of sp³-hybridized carbons (Fsp3) is 0.333. The van der Waals surface area contributed by atoms with Crippen molar-refractivity contribution in [2.45, 2.75) is 26.7 Å². The van der Waals surface area contributed by atoms with E-state index < -0.39 is 8.03 Å². The molecule has 0 heterocycles. The summed E-state index contributed by atoms with van der Waals surface area (Å²) in [4.78, 5) is 0. The van der Waals surface area contributed by atoms with Gasteiger partial charge in [0, 0.05) is 0 Å². The van der Waals surface area contributed by atoms with E-state index in [4.69, 9.17) is 14.0 Å². The van der Waals surface area contributed by atoms with E-state index in [1.165, 1.54) is 0 Å². The highest BCUT2D eigenvalue weighted by molar-refractivity contribution is 7.48. The molecule has 2 aromatic rings. The first-order valence-corrected chi connectivity index (χ1v) is 9.01. The highest BCUT2D eigenvalue weighted by Gasteiger charge is 2.23. The van der Waals surface area contributed by atoms with Crippen LogP contribution in [0.2, 0.25) is 0 Å². The molecule has 0 radical (unpaired) electrons. The molecule has 0 aliphatic rings. The topological polar surface area (TPSA) is 44.8 Å². The summed E-state index contributed by atoms with van der Waals surface area (Å²) >= 11 is 0. The van der Waals surface area contributed by atoms with Crippen LogP contribution in [0.15, 0.2) is 48.5 Å². The Labute approximate surface area is 138 Å². The Morgan fingerprint density at radius 2 is 1.17 bits per heavy atom. The minimum Gasteiger partial charge on any atom is -0.494 e. The average molecular weight is 333 g/mol. The molecule has 4 nitrogen and oxygen atoms in total. The van der Waals surface area contributed by atoms with Crippen LogP contribution >= 0.6 is 8.03 Å². The van der Waals surface area contributed by atoms with E-state index in [0.717, 1.165) is 24.3 Å². The molecule has 0 saturated carbocycles. The highest BCUT2D eigenvalue weighted by atomic mass is 31.1. The predicted molar refractivity (Wildman–Crippen MR) is 92.3 cm³/mol. The number of ether oxygens (including phenoxy) is 2. The zero-order chi connectivity index (χ0) is 16.5. The van der Waals surface area contributed by atoms with E-state index in [9.17, 15) is 4.57 Å². The van der Waals surface area contributed by atoms with E-state index >= 15 is 0 Å². The second kappa shape index (κ2) is 9.16. The molecule has 0 N–H and O–H groups in total. The van der Waals surface area contributed by atoms with Crippen molar-refractivity contribution in [2.75, 3.05) is 13.2 Å². The van der Waals surface area contributed by atoms with E-state index in [-0.39, 0.29) is 0 Å². The lowest BCUT2D eigenvalue weighted by atomic mass is 10.3. The van der Waals surface area contributed by atoms with Gasteiger partial charge in [-0.3, -0.25) is 4.52 Å². The van der Waals surface area contributed by atoms with Gasteiger partial charge >= 0.3 is 8.03 Å². The van der Waals surface area contributed by atoms with Crippen molar-refractivity contribution in [1.82, 2.24) is 0 Å². The minimum atomic E-state index is -1.94. The molecular weight excluding hydrogens is 311 g/mol. The first-order chi connectivity index (χ1) is 11.2. The van der Waals surface area contributed by atoms with Crippen molar-refractivity contribution in [3.63, 3.8) is 0 Å². The summed E-state index contributed by atoms with van der Waals surface area (Å²) < 4.78 is 28.8. The molecule has 0 fully saturated rings. The Kier molecular flexibility index (Phi) is 6.89. The van der Waals surface area contributed by atoms with Crippen LogP contribution in [0.1, 0.15) is 26.7 Å². The van der Waals surface area contributed by atoms with Crippen molar-refractivity contribution < 1.29 is 18.6 Å². The molecule has 0 spiro atoms. The van der Waals surface area contributed by atoms with Crippen LogP contribution in [0.5, 0.6) is 17.2 Å². The number of hydrogen-bond donors (Lipinski definition) is 0. The van der Waals surface area contributed by atoms with Gasteiger partial charge in [0.05, 0.1) is 13.2 Å². The van der Waals surface area contributed by atoms with Crippen LogP contribution in [0, 0.1) is 0 Å². The molecule has 23 heavy (non-hydrogen) atoms. The van der Waals surface area contributed by atoms with Crippen molar-refractivity contribution in [2.24, 2.45) is 0 Å². The maximum atomic E-state index is 12.3. The van der Waals surface area contributed by atoms with Gasteiger partial charge < -0.3 is 9.47 Å². The Bertz CT molecular complexity index is 608. The van der Waals surface area contributed by atoms with Gasteiger partial charge in [0.25, 0.3) is 0 Å². The third kappa shape index (κ3) is 5.57. The van der Waals surface area contributed by atoms with Gasteiger partial charge in [0.2, 0.25) is 5.30 Å². The third-order valence-electron chi connectivity index (χ3n) is 3.01. The van der Waals surface area contributed by atoms with Crippen LogP contribution in [0.3, 0.4) is 0 Å². The smallest absolute Gasteiger partial charge is 0.494 e. The van der Waals surface area contributed by atoms with Gasteiger partial charge in [-0.25, -0.2) is 0 Å². The Morgan fingerprint density at radius 3 is 1.65 bits per heavy atom. The molecule has 0 aliphatic carbocycles. The largest absolute Gasteiger partial charge is 0.597 e. The van der Waals surface area contributed by atoms with Gasteiger partial charge in [-0.1, -0.05) is 13.8 Å². The van der Waals surface area contributed by atoms with Crippen LogP contribution in [-0.2, 0) is 4.57 Å². The zero-order valence-corrected chi connectivity index (χ0v) is 14.4. The lowest BCUT2D eigenvalue weighted by molar-refractivity contribution is 0.317. The van der Waals surface area contributed by atoms with Crippen molar-refractivity contribution in [3.05, 3.63) is 48.5 Å². The van der Waals surface area contributed by atoms with Crippen molar-refractivity contribution in [3.8, 4) is 17.2 Å². The molecule has 5 heteroatoms. The van der Waals surface area contributed by atoms with E-state index in [1.54, 1.807) is 24.3 Å². The van der Waals surface area contributed by atoms with Crippen molar-refractivity contribution in [1.29, 1.82) is 0 Å². The maximum absolute atomic E-state index is 12.3. The van der Waals surface area contributed by atoms with Gasteiger partial charge in [-0.2, -0.15) is 0 Å². The third-order valence-corrected chi connectivity index (χ3v) is 4.10. The summed E-state index contributed by atoms with van der Waals surface area (Å²) in [5, 5.41) is 0.634. The highest BCUT2D eigenvalue weighted by Crippen LogP contribution is 2.28. The molecule has 0 bridgehead atoms.